The summed E-state index contributed by atoms with van der Waals surface area (Å²) < 4.78 is 50.3. The molecule has 0 spiro atoms. The summed E-state index contributed by atoms with van der Waals surface area (Å²) >= 11 is 0. The van der Waals surface area contributed by atoms with Crippen LogP contribution in [0.2, 0.25) is 0 Å². The average molecular weight is 485 g/mol. The molecule has 1 N–H and O–H groups in total. The second-order valence-corrected chi connectivity index (χ2v) is 9.12. The molecule has 0 amide bonds. The van der Waals surface area contributed by atoms with Crippen molar-refractivity contribution >= 4 is 11.2 Å². The fourth-order valence-corrected chi connectivity index (χ4v) is 5.04. The summed E-state index contributed by atoms with van der Waals surface area (Å²) in [4.78, 5) is 4.60. The molecular formula is C29H24FN3O3. The number of nitrogens with zero attached hydrogens (tertiary/aromatic N) is 3. The molecule has 1 aliphatic heterocycles. The third-order valence-electron chi connectivity index (χ3n) is 6.81. The molecule has 1 aliphatic carbocycles. The summed E-state index contributed by atoms with van der Waals surface area (Å²) in [5.74, 6) is -0.0586. The molecule has 6 nitrogen and oxygen atoms in total. The van der Waals surface area contributed by atoms with Crippen LogP contribution in [-0.4, -0.2) is 21.5 Å². The van der Waals surface area contributed by atoms with Crippen molar-refractivity contribution in [2.75, 3.05) is 7.04 Å². The molecule has 1 atom stereocenters. The fourth-order valence-electron chi connectivity index (χ4n) is 5.04. The summed E-state index contributed by atoms with van der Waals surface area (Å²) in [6, 6.07) is 17.1. The number of phenols is 1. The first kappa shape index (κ1) is 19.1. The van der Waals surface area contributed by atoms with E-state index >= 15 is 0 Å². The van der Waals surface area contributed by atoms with Crippen molar-refractivity contribution < 1.29 is 23.1 Å². The predicted octanol–water partition coefficient (Wildman–Crippen LogP) is 5.74. The van der Waals surface area contributed by atoms with Gasteiger partial charge in [0.05, 0.1) is 28.2 Å². The molecule has 2 aromatic heterocycles. The van der Waals surface area contributed by atoms with E-state index in [1.165, 1.54) is 12.1 Å². The van der Waals surface area contributed by atoms with Crippen LogP contribution < -0.4 is 4.74 Å². The quantitative estimate of drug-likeness (QED) is 0.366. The number of hydrogen-bond donors (Lipinski definition) is 1. The third-order valence-corrected chi connectivity index (χ3v) is 6.81. The highest BCUT2D eigenvalue weighted by Crippen LogP contribution is 2.48. The lowest BCUT2D eigenvalue weighted by molar-refractivity contribution is 0.177. The van der Waals surface area contributed by atoms with Gasteiger partial charge in [-0.25, -0.2) is 9.37 Å². The summed E-state index contributed by atoms with van der Waals surface area (Å²) in [6.45, 7) is -0.246. The lowest BCUT2D eigenvalue weighted by atomic mass is 9.87. The molecule has 6 rings (SSSR count). The first-order valence-electron chi connectivity index (χ1n) is 13.2. The number of pyridine rings is 1. The second-order valence-electron chi connectivity index (χ2n) is 9.12. The van der Waals surface area contributed by atoms with Gasteiger partial charge in [0, 0.05) is 48.0 Å². The van der Waals surface area contributed by atoms with E-state index in [9.17, 15) is 14.8 Å². The van der Waals surface area contributed by atoms with E-state index in [-0.39, 0.29) is 30.4 Å². The highest BCUT2D eigenvalue weighted by molar-refractivity contribution is 5.89. The lowest BCUT2D eigenvalue weighted by Crippen LogP contribution is -2.14. The average Bonchev–Trinajstić information content (AvgIpc) is 3.69. The van der Waals surface area contributed by atoms with Crippen LogP contribution in [-0.2, 0) is 17.8 Å². The highest BCUT2D eigenvalue weighted by Gasteiger charge is 2.35. The number of fused-ring (bicyclic) bond motifs is 3. The number of aromatic hydroxyl groups is 1. The Balaban J connectivity index is 1.54. The molecule has 7 heteroatoms. The van der Waals surface area contributed by atoms with Crippen molar-refractivity contribution in [3.63, 3.8) is 0 Å². The minimum Gasteiger partial charge on any atom is -0.508 e. The van der Waals surface area contributed by atoms with Gasteiger partial charge in [-0.15, -0.1) is 0 Å². The molecular weight excluding hydrogens is 457 g/mol. The van der Waals surface area contributed by atoms with Crippen molar-refractivity contribution in [1.82, 2.24) is 9.38 Å². The number of halogens is 1. The molecule has 0 bridgehead atoms. The van der Waals surface area contributed by atoms with Crippen LogP contribution in [0.1, 0.15) is 51.1 Å². The third kappa shape index (κ3) is 3.80. The molecule has 1 fully saturated rings. The maximum Gasteiger partial charge on any atom is 0.137 e. The number of benzene rings is 2. The molecule has 1 unspecified atom stereocenters. The summed E-state index contributed by atoms with van der Waals surface area (Å²) in [6.07, 6.45) is 3.09. The van der Waals surface area contributed by atoms with E-state index < -0.39 is 19.0 Å². The maximum absolute atomic E-state index is 14.5. The molecule has 36 heavy (non-hydrogen) atoms. The van der Waals surface area contributed by atoms with Gasteiger partial charge in [-0.1, -0.05) is 12.1 Å². The standard InChI is InChI=1S/C29H24FN3O3/c1-35-16-24-25(33-11-3-2-4-28(33)32-24)14-27-22-13-19(34)8-10-20(22)29(23(15-31)17-5-6-17)21-9-7-18(30)12-26(21)36-27/h2-4,7-13,17,27,34H,5-6,14,16H2,1H3/b29-23-/i1D3. The number of hydrogen-bond acceptors (Lipinski definition) is 5. The zero-order valence-corrected chi connectivity index (χ0v) is 19.2. The van der Waals surface area contributed by atoms with Gasteiger partial charge < -0.3 is 19.0 Å². The van der Waals surface area contributed by atoms with Crippen molar-refractivity contribution in [3.8, 4) is 17.6 Å². The number of ether oxygens (including phenoxy) is 2. The normalized spacial score (nSPS) is 19.7. The molecule has 0 radical (unpaired) electrons. The van der Waals surface area contributed by atoms with Gasteiger partial charge in [0.1, 0.15) is 29.1 Å². The first-order valence-corrected chi connectivity index (χ1v) is 11.7. The predicted molar refractivity (Wildman–Crippen MR) is 132 cm³/mol. The number of allylic oxidation sites excluding steroid dienone is 1. The van der Waals surface area contributed by atoms with E-state index in [0.29, 0.717) is 39.3 Å². The Labute approximate surface area is 212 Å². The van der Waals surface area contributed by atoms with Gasteiger partial charge in [-0.3, -0.25) is 0 Å². The smallest absolute Gasteiger partial charge is 0.137 e. The zero-order valence-electron chi connectivity index (χ0n) is 22.2. The molecule has 3 heterocycles. The first-order chi connectivity index (χ1) is 18.7. The van der Waals surface area contributed by atoms with Crippen molar-refractivity contribution in [2.45, 2.75) is 32.0 Å². The van der Waals surface area contributed by atoms with Gasteiger partial charge in [0.2, 0.25) is 0 Å². The van der Waals surface area contributed by atoms with Crippen LogP contribution in [0.25, 0.3) is 11.2 Å². The van der Waals surface area contributed by atoms with Crippen LogP contribution in [0.15, 0.2) is 66.4 Å². The molecule has 2 aromatic carbocycles. The van der Waals surface area contributed by atoms with Gasteiger partial charge in [-0.2, -0.15) is 5.26 Å². The lowest BCUT2D eigenvalue weighted by Gasteiger charge is -2.20. The van der Waals surface area contributed by atoms with E-state index in [4.69, 9.17) is 13.6 Å². The number of rotatable bonds is 5. The van der Waals surface area contributed by atoms with Gasteiger partial charge >= 0.3 is 0 Å². The van der Waals surface area contributed by atoms with Crippen molar-refractivity contribution in [1.29, 1.82) is 5.26 Å². The van der Waals surface area contributed by atoms with Gasteiger partial charge in [0.25, 0.3) is 0 Å². The topological polar surface area (TPSA) is 79.8 Å². The number of nitriles is 1. The van der Waals surface area contributed by atoms with Gasteiger partial charge in [-0.05, 0) is 60.7 Å². The minimum atomic E-state index is -2.60. The molecule has 4 aromatic rings. The summed E-state index contributed by atoms with van der Waals surface area (Å²) in [5, 5.41) is 20.6. The Morgan fingerprint density at radius 3 is 2.92 bits per heavy atom. The SMILES string of the molecule is [2H]C([2H])([2H])OCc1nc2ccccn2c1CC1Oc2cc(F)ccc2/C(=C(/C#N)C2CC2)c2ccc(O)cc21. The fraction of sp³-hybridized carbons (Fsp3) is 0.241. The molecule has 1 saturated carbocycles. The van der Waals surface area contributed by atoms with Crippen LogP contribution in [0.5, 0.6) is 11.5 Å². The van der Waals surface area contributed by atoms with E-state index in [1.54, 1.807) is 30.3 Å². The van der Waals surface area contributed by atoms with E-state index in [2.05, 4.69) is 11.1 Å². The van der Waals surface area contributed by atoms with Crippen LogP contribution in [0, 0.1) is 23.1 Å². The largest absolute Gasteiger partial charge is 0.508 e. The zero-order chi connectivity index (χ0) is 27.3. The number of imidazole rings is 1. The minimum absolute atomic E-state index is 0.0212. The van der Waals surface area contributed by atoms with Gasteiger partial charge in [0.15, 0.2) is 0 Å². The molecule has 2 aliphatic rings. The van der Waals surface area contributed by atoms with Crippen LogP contribution >= 0.6 is 0 Å². The summed E-state index contributed by atoms with van der Waals surface area (Å²) in [5.41, 5.74) is 4.94. The summed E-state index contributed by atoms with van der Waals surface area (Å²) in [7, 11) is -2.60. The Morgan fingerprint density at radius 1 is 1.25 bits per heavy atom. The maximum atomic E-state index is 14.5. The number of methoxy groups -OCH3 is 1. The van der Waals surface area contributed by atoms with E-state index in [1.807, 2.05) is 22.7 Å². The second kappa shape index (κ2) is 8.81. The van der Waals surface area contributed by atoms with E-state index in [0.717, 1.165) is 18.4 Å². The monoisotopic (exact) mass is 484 g/mol. The number of aromatic nitrogens is 2. The Bertz CT molecular complexity index is 1670. The van der Waals surface area contributed by atoms with Crippen LogP contribution in [0.4, 0.5) is 4.39 Å². The Hall–Kier alpha value is -4.15. The van der Waals surface area contributed by atoms with Crippen molar-refractivity contribution in [2.24, 2.45) is 5.92 Å². The molecule has 0 saturated heterocycles. The Kier molecular flexibility index (Phi) is 4.67. The highest BCUT2D eigenvalue weighted by atomic mass is 19.1. The number of phenolic OH excluding ortho intramolecular Hbond substituents is 1. The van der Waals surface area contributed by atoms with Crippen LogP contribution in [0.3, 0.4) is 0 Å². The van der Waals surface area contributed by atoms with Crippen molar-refractivity contribution in [3.05, 3.63) is 100 Å². The molecule has 180 valence electrons. The Morgan fingerprint density at radius 2 is 2.11 bits per heavy atom.